The van der Waals surface area contributed by atoms with Crippen molar-refractivity contribution in [2.24, 2.45) is 0 Å². The maximum absolute atomic E-state index is 11.3. The van der Waals surface area contributed by atoms with Gasteiger partial charge in [0.15, 0.2) is 0 Å². The molecule has 3 heteroatoms. The van der Waals surface area contributed by atoms with E-state index in [9.17, 15) is 4.79 Å². The molecule has 0 aliphatic rings. The van der Waals surface area contributed by atoms with Gasteiger partial charge in [-0.15, -0.1) is 0 Å². The number of rotatable bonds is 7. The number of thioether (sulfide) groups is 1. The Bertz CT molecular complexity index is 887. The SMILES string of the molecule is O=CC=C(Sc1ccccc1)C(=Cc1ccccc1)[Se]c1ccccc1. The van der Waals surface area contributed by atoms with Crippen LogP contribution in [-0.2, 0) is 4.79 Å². The van der Waals surface area contributed by atoms with E-state index in [1.807, 2.05) is 42.5 Å². The summed E-state index contributed by atoms with van der Waals surface area (Å²) in [6, 6.07) is 30.9. The zero-order valence-electron chi connectivity index (χ0n) is 14.1. The van der Waals surface area contributed by atoms with Crippen LogP contribution in [0.1, 0.15) is 5.56 Å². The standard InChI is InChI=1S/C23H18OSSe/c24-17-16-22(25-20-12-6-2-7-13-20)23(18-19-10-4-1-5-11-19)26-21-14-8-3-9-15-21/h1-18H. The van der Waals surface area contributed by atoms with Crippen molar-refractivity contribution in [2.45, 2.75) is 4.90 Å². The Morgan fingerprint density at radius 1 is 0.769 bits per heavy atom. The predicted molar refractivity (Wildman–Crippen MR) is 113 cm³/mol. The van der Waals surface area contributed by atoms with Crippen molar-refractivity contribution in [3.05, 3.63) is 112 Å². The molecule has 3 aromatic rings. The van der Waals surface area contributed by atoms with Gasteiger partial charge in [-0.3, -0.25) is 0 Å². The molecular weight excluding hydrogens is 403 g/mol. The second kappa shape index (κ2) is 9.98. The second-order valence-electron chi connectivity index (χ2n) is 5.42. The first-order valence-electron chi connectivity index (χ1n) is 8.23. The molecule has 26 heavy (non-hydrogen) atoms. The van der Waals surface area contributed by atoms with Crippen LogP contribution in [0.2, 0.25) is 0 Å². The number of benzene rings is 3. The van der Waals surface area contributed by atoms with Gasteiger partial charge in [0.1, 0.15) is 0 Å². The van der Waals surface area contributed by atoms with Gasteiger partial charge in [-0.2, -0.15) is 0 Å². The summed E-state index contributed by atoms with van der Waals surface area (Å²) in [5.41, 5.74) is 1.14. The van der Waals surface area contributed by atoms with E-state index in [0.717, 1.165) is 21.7 Å². The third-order valence-corrected chi connectivity index (χ3v) is 7.11. The summed E-state index contributed by atoms with van der Waals surface area (Å²) in [7, 11) is 0. The van der Waals surface area contributed by atoms with Crippen LogP contribution in [0.5, 0.6) is 0 Å². The predicted octanol–water partition coefficient (Wildman–Crippen LogP) is 4.93. The first-order valence-corrected chi connectivity index (χ1v) is 10.8. The van der Waals surface area contributed by atoms with Crippen LogP contribution in [0.4, 0.5) is 0 Å². The molecule has 0 spiro atoms. The summed E-state index contributed by atoms with van der Waals surface area (Å²) in [4.78, 5) is 13.4. The molecule has 0 saturated carbocycles. The molecule has 3 rings (SSSR count). The van der Waals surface area contributed by atoms with Crippen LogP contribution >= 0.6 is 11.8 Å². The molecule has 1 nitrogen and oxygen atoms in total. The fraction of sp³-hybridized carbons (Fsp3) is 0. The third kappa shape index (κ3) is 5.60. The molecule has 0 saturated heterocycles. The fourth-order valence-corrected chi connectivity index (χ4v) is 5.53. The number of carbonyl (C=O) groups is 1. The second-order valence-corrected chi connectivity index (χ2v) is 8.87. The third-order valence-electron chi connectivity index (χ3n) is 3.50. The van der Waals surface area contributed by atoms with E-state index in [2.05, 4.69) is 54.6 Å². The molecule has 0 unspecified atom stereocenters. The van der Waals surface area contributed by atoms with Crippen molar-refractivity contribution >= 4 is 43.5 Å². The van der Waals surface area contributed by atoms with Crippen molar-refractivity contribution < 1.29 is 4.79 Å². The van der Waals surface area contributed by atoms with Gasteiger partial charge in [0.2, 0.25) is 0 Å². The van der Waals surface area contributed by atoms with Crippen LogP contribution in [0, 0.1) is 0 Å². The molecule has 0 radical (unpaired) electrons. The normalized spacial score (nSPS) is 12.0. The van der Waals surface area contributed by atoms with E-state index >= 15 is 0 Å². The Labute approximate surface area is 165 Å². The van der Waals surface area contributed by atoms with Gasteiger partial charge in [-0.05, 0) is 0 Å². The van der Waals surface area contributed by atoms with Crippen LogP contribution in [0.3, 0.4) is 0 Å². The topological polar surface area (TPSA) is 17.1 Å². The van der Waals surface area contributed by atoms with Crippen LogP contribution in [-0.4, -0.2) is 21.2 Å². The summed E-state index contributed by atoms with van der Waals surface area (Å²) >= 11 is 1.74. The van der Waals surface area contributed by atoms with Crippen LogP contribution in [0.25, 0.3) is 6.08 Å². The summed E-state index contributed by atoms with van der Waals surface area (Å²) in [6.45, 7) is 0. The number of aldehydes is 1. The Balaban J connectivity index is 1.97. The van der Waals surface area contributed by atoms with Crippen molar-refractivity contribution in [1.82, 2.24) is 0 Å². The molecule has 0 amide bonds. The Kier molecular flexibility index (Phi) is 7.09. The van der Waals surface area contributed by atoms with Gasteiger partial charge < -0.3 is 0 Å². The zero-order valence-corrected chi connectivity index (χ0v) is 16.6. The van der Waals surface area contributed by atoms with Gasteiger partial charge in [-0.1, -0.05) is 0 Å². The summed E-state index contributed by atoms with van der Waals surface area (Å²) in [6.07, 6.45) is 4.75. The molecule has 0 aliphatic carbocycles. The molecule has 0 N–H and O–H groups in total. The maximum atomic E-state index is 11.3. The molecule has 0 bridgehead atoms. The van der Waals surface area contributed by atoms with Crippen molar-refractivity contribution in [1.29, 1.82) is 0 Å². The van der Waals surface area contributed by atoms with Gasteiger partial charge in [-0.25, -0.2) is 0 Å². The van der Waals surface area contributed by atoms with E-state index in [1.165, 1.54) is 8.93 Å². The van der Waals surface area contributed by atoms with E-state index in [0.29, 0.717) is 0 Å². The van der Waals surface area contributed by atoms with Gasteiger partial charge in [0.05, 0.1) is 0 Å². The zero-order chi connectivity index (χ0) is 18.0. The Hall–Kier alpha value is -2.32. The van der Waals surface area contributed by atoms with E-state index in [4.69, 9.17) is 0 Å². The summed E-state index contributed by atoms with van der Waals surface area (Å²) < 4.78 is 2.48. The average molecular weight is 421 g/mol. The quantitative estimate of drug-likeness (QED) is 0.177. The van der Waals surface area contributed by atoms with Crippen molar-refractivity contribution in [3.63, 3.8) is 0 Å². The first kappa shape index (κ1) is 18.5. The minimum atomic E-state index is 0.105. The number of allylic oxidation sites excluding steroid dienone is 2. The average Bonchev–Trinajstić information content (AvgIpc) is 2.70. The summed E-state index contributed by atoms with van der Waals surface area (Å²) in [5, 5.41) is 0. The number of hydrogen-bond acceptors (Lipinski definition) is 2. The first-order chi connectivity index (χ1) is 12.8. The molecule has 0 aromatic heterocycles. The number of carbonyl (C=O) groups excluding carboxylic acids is 1. The molecule has 0 atom stereocenters. The summed E-state index contributed by atoms with van der Waals surface area (Å²) in [5.74, 6) is 0. The Morgan fingerprint density at radius 2 is 1.35 bits per heavy atom. The van der Waals surface area contributed by atoms with Crippen LogP contribution in [0.15, 0.2) is 111 Å². The molecule has 128 valence electrons. The molecule has 3 aromatic carbocycles. The minimum absolute atomic E-state index is 0.105. The molecule has 0 fully saturated rings. The van der Waals surface area contributed by atoms with E-state index < -0.39 is 0 Å². The fourth-order valence-electron chi connectivity index (χ4n) is 2.31. The van der Waals surface area contributed by atoms with E-state index in [1.54, 1.807) is 17.8 Å². The Morgan fingerprint density at radius 3 is 1.96 bits per heavy atom. The van der Waals surface area contributed by atoms with Crippen molar-refractivity contribution in [3.8, 4) is 0 Å². The van der Waals surface area contributed by atoms with Crippen LogP contribution < -0.4 is 4.46 Å². The molecule has 0 aliphatic heterocycles. The monoisotopic (exact) mass is 422 g/mol. The van der Waals surface area contributed by atoms with Crippen molar-refractivity contribution in [2.75, 3.05) is 0 Å². The molecule has 0 heterocycles. The van der Waals surface area contributed by atoms with Gasteiger partial charge in [0.25, 0.3) is 0 Å². The van der Waals surface area contributed by atoms with Gasteiger partial charge >= 0.3 is 165 Å². The van der Waals surface area contributed by atoms with Gasteiger partial charge in [0, 0.05) is 0 Å². The van der Waals surface area contributed by atoms with E-state index in [-0.39, 0.29) is 15.0 Å². The number of hydrogen-bond donors (Lipinski definition) is 0. The molecular formula is C23H18OSSe.